The van der Waals surface area contributed by atoms with E-state index in [9.17, 15) is 12.8 Å². The van der Waals surface area contributed by atoms with Crippen LogP contribution in [-0.4, -0.2) is 37.4 Å². The summed E-state index contributed by atoms with van der Waals surface area (Å²) in [4.78, 5) is 0.0353. The molecule has 0 saturated carbocycles. The van der Waals surface area contributed by atoms with Crippen LogP contribution in [0.1, 0.15) is 12.5 Å². The van der Waals surface area contributed by atoms with E-state index < -0.39 is 21.8 Å². The van der Waals surface area contributed by atoms with E-state index in [1.807, 2.05) is 0 Å². The lowest BCUT2D eigenvalue weighted by molar-refractivity contribution is 0.312. The predicted molar refractivity (Wildman–Crippen MR) is 73.5 cm³/mol. The Bertz CT molecular complexity index is 616. The van der Waals surface area contributed by atoms with Gasteiger partial charge in [0, 0.05) is 19.5 Å². The summed E-state index contributed by atoms with van der Waals surface area (Å²) >= 11 is 0. The maximum Gasteiger partial charge on any atom is 0.243 e. The Balaban J connectivity index is 3.04. The summed E-state index contributed by atoms with van der Waals surface area (Å²) in [6.07, 6.45) is 0. The van der Waals surface area contributed by atoms with Crippen LogP contribution in [-0.2, 0) is 10.0 Å². The predicted octanol–water partition coefficient (Wildman–Crippen LogP) is 1.14. The Labute approximate surface area is 117 Å². The third kappa shape index (κ3) is 3.45. The van der Waals surface area contributed by atoms with Crippen molar-refractivity contribution in [2.45, 2.75) is 18.7 Å². The van der Waals surface area contributed by atoms with Crippen LogP contribution in [0.5, 0.6) is 0 Å². The molecule has 1 atom stereocenters. The third-order valence-electron chi connectivity index (χ3n) is 2.98. The van der Waals surface area contributed by atoms with Crippen LogP contribution in [0.25, 0.3) is 0 Å². The van der Waals surface area contributed by atoms with Crippen LogP contribution in [0.2, 0.25) is 0 Å². The molecule has 0 aliphatic rings. The number of aryl methyl sites for hydroxylation is 1. The van der Waals surface area contributed by atoms with E-state index in [0.29, 0.717) is 5.56 Å². The zero-order valence-corrected chi connectivity index (χ0v) is 12.4. The molecule has 1 unspecified atom stereocenters. The van der Waals surface area contributed by atoms with Gasteiger partial charge < -0.3 is 10.9 Å². The zero-order valence-electron chi connectivity index (χ0n) is 11.5. The standard InChI is InChI=1S/C12H18FN3O3S/c1-8-6-10(13)4-5-11(8)20(18,19)16(3)7-9(2)12(14)15-17/h4-6,9,17H,7H2,1-3H3,(H2,14,15). The minimum absolute atomic E-state index is 0.0353. The number of hydrogen-bond donors (Lipinski definition) is 2. The molecule has 0 aliphatic carbocycles. The van der Waals surface area contributed by atoms with Crippen LogP contribution in [0.3, 0.4) is 0 Å². The van der Waals surface area contributed by atoms with Crippen LogP contribution in [0.4, 0.5) is 4.39 Å². The van der Waals surface area contributed by atoms with Crippen molar-refractivity contribution in [3.63, 3.8) is 0 Å². The van der Waals surface area contributed by atoms with E-state index >= 15 is 0 Å². The van der Waals surface area contributed by atoms with Crippen LogP contribution >= 0.6 is 0 Å². The molecule has 1 aromatic rings. The molecule has 0 fully saturated rings. The second kappa shape index (κ2) is 6.19. The summed E-state index contributed by atoms with van der Waals surface area (Å²) in [6, 6.07) is 3.49. The highest BCUT2D eigenvalue weighted by molar-refractivity contribution is 7.89. The van der Waals surface area contributed by atoms with Crippen LogP contribution in [0.15, 0.2) is 28.3 Å². The molecular formula is C12H18FN3O3S. The Morgan fingerprint density at radius 1 is 1.55 bits per heavy atom. The molecule has 0 radical (unpaired) electrons. The largest absolute Gasteiger partial charge is 0.409 e. The van der Waals surface area contributed by atoms with Crippen molar-refractivity contribution in [1.29, 1.82) is 0 Å². The number of nitrogens with zero attached hydrogens (tertiary/aromatic N) is 2. The fourth-order valence-corrected chi connectivity index (χ4v) is 3.21. The summed E-state index contributed by atoms with van der Waals surface area (Å²) in [6.45, 7) is 3.21. The first-order chi connectivity index (χ1) is 9.20. The third-order valence-corrected chi connectivity index (χ3v) is 4.96. The van der Waals surface area contributed by atoms with Crippen LogP contribution in [0, 0.1) is 18.7 Å². The number of benzene rings is 1. The van der Waals surface area contributed by atoms with Gasteiger partial charge in [-0.05, 0) is 30.7 Å². The van der Waals surface area contributed by atoms with Gasteiger partial charge in [-0.3, -0.25) is 0 Å². The smallest absolute Gasteiger partial charge is 0.243 e. The van der Waals surface area contributed by atoms with Crippen molar-refractivity contribution in [2.24, 2.45) is 16.8 Å². The minimum atomic E-state index is -3.75. The number of halogens is 1. The summed E-state index contributed by atoms with van der Waals surface area (Å²) in [5, 5.41) is 11.4. The van der Waals surface area contributed by atoms with Crippen molar-refractivity contribution < 1.29 is 18.0 Å². The van der Waals surface area contributed by atoms with E-state index in [4.69, 9.17) is 10.9 Å². The Hall–Kier alpha value is -1.67. The summed E-state index contributed by atoms with van der Waals surface area (Å²) < 4.78 is 38.9. The van der Waals surface area contributed by atoms with Crippen LogP contribution < -0.4 is 5.73 Å². The molecule has 20 heavy (non-hydrogen) atoms. The van der Waals surface area contributed by atoms with Crippen molar-refractivity contribution >= 4 is 15.9 Å². The maximum atomic E-state index is 13.0. The zero-order chi connectivity index (χ0) is 15.5. The average molecular weight is 303 g/mol. The van der Waals surface area contributed by atoms with Gasteiger partial charge in [0.2, 0.25) is 10.0 Å². The highest BCUT2D eigenvalue weighted by Gasteiger charge is 2.25. The number of hydrogen-bond acceptors (Lipinski definition) is 4. The summed E-state index contributed by atoms with van der Waals surface area (Å²) in [5.74, 6) is -0.988. The Kier molecular flexibility index (Phi) is 5.07. The number of oxime groups is 1. The highest BCUT2D eigenvalue weighted by Crippen LogP contribution is 2.20. The van der Waals surface area contributed by atoms with Crippen molar-refractivity contribution in [1.82, 2.24) is 4.31 Å². The molecule has 0 amide bonds. The molecule has 1 aromatic carbocycles. The lowest BCUT2D eigenvalue weighted by Crippen LogP contribution is -2.36. The number of rotatable bonds is 5. The SMILES string of the molecule is Cc1cc(F)ccc1S(=O)(=O)N(C)CC(C)C(N)=NO. The molecule has 6 nitrogen and oxygen atoms in total. The van der Waals surface area contributed by atoms with Gasteiger partial charge in [-0.2, -0.15) is 0 Å². The fourth-order valence-electron chi connectivity index (χ4n) is 1.75. The first-order valence-corrected chi connectivity index (χ1v) is 7.34. The molecule has 1 rings (SSSR count). The Morgan fingerprint density at radius 2 is 2.15 bits per heavy atom. The topological polar surface area (TPSA) is 96.0 Å². The summed E-state index contributed by atoms with van der Waals surface area (Å²) in [7, 11) is -2.36. The molecule has 8 heteroatoms. The van der Waals surface area contributed by atoms with Gasteiger partial charge in [-0.25, -0.2) is 17.1 Å². The maximum absolute atomic E-state index is 13.0. The van der Waals surface area contributed by atoms with E-state index in [1.165, 1.54) is 20.0 Å². The van der Waals surface area contributed by atoms with Gasteiger partial charge in [0.05, 0.1) is 4.90 Å². The van der Waals surface area contributed by atoms with Gasteiger partial charge in [0.1, 0.15) is 11.7 Å². The molecule has 112 valence electrons. The molecular weight excluding hydrogens is 285 g/mol. The highest BCUT2D eigenvalue weighted by atomic mass is 32.2. The lowest BCUT2D eigenvalue weighted by atomic mass is 10.2. The average Bonchev–Trinajstić information content (AvgIpc) is 2.36. The first-order valence-electron chi connectivity index (χ1n) is 5.90. The first kappa shape index (κ1) is 16.4. The van der Waals surface area contributed by atoms with E-state index in [0.717, 1.165) is 16.4 Å². The molecule has 3 N–H and O–H groups in total. The van der Waals surface area contributed by atoms with Gasteiger partial charge in [-0.1, -0.05) is 12.1 Å². The van der Waals surface area contributed by atoms with E-state index in [2.05, 4.69) is 5.16 Å². The molecule has 0 aromatic heterocycles. The fraction of sp³-hybridized carbons (Fsp3) is 0.417. The minimum Gasteiger partial charge on any atom is -0.409 e. The summed E-state index contributed by atoms with van der Waals surface area (Å²) in [5.41, 5.74) is 5.75. The van der Waals surface area contributed by atoms with Gasteiger partial charge in [0.25, 0.3) is 0 Å². The number of amidine groups is 1. The lowest BCUT2D eigenvalue weighted by Gasteiger charge is -2.21. The van der Waals surface area contributed by atoms with Gasteiger partial charge in [-0.15, -0.1) is 0 Å². The molecule has 0 spiro atoms. The quantitative estimate of drug-likeness (QED) is 0.369. The van der Waals surface area contributed by atoms with E-state index in [-0.39, 0.29) is 17.3 Å². The molecule has 0 heterocycles. The van der Waals surface area contributed by atoms with Gasteiger partial charge in [0.15, 0.2) is 0 Å². The second-order valence-electron chi connectivity index (χ2n) is 4.62. The van der Waals surface area contributed by atoms with Crippen molar-refractivity contribution in [3.8, 4) is 0 Å². The molecule has 0 bridgehead atoms. The van der Waals surface area contributed by atoms with Crippen molar-refractivity contribution in [3.05, 3.63) is 29.6 Å². The second-order valence-corrected chi connectivity index (χ2v) is 6.63. The van der Waals surface area contributed by atoms with Gasteiger partial charge >= 0.3 is 0 Å². The normalized spacial score (nSPS) is 14.6. The number of nitrogens with two attached hydrogens (primary N) is 1. The van der Waals surface area contributed by atoms with Crippen molar-refractivity contribution in [2.75, 3.05) is 13.6 Å². The van der Waals surface area contributed by atoms with E-state index in [1.54, 1.807) is 6.92 Å². The monoisotopic (exact) mass is 303 g/mol. The molecule has 0 saturated heterocycles. The number of sulfonamides is 1. The Morgan fingerprint density at radius 3 is 2.65 bits per heavy atom. The molecule has 0 aliphatic heterocycles.